The number of aromatic nitrogens is 4. The number of aromatic amines is 1. The number of imidazole rings is 1. The first-order valence-electron chi connectivity index (χ1n) is 5.94. The summed E-state index contributed by atoms with van der Waals surface area (Å²) in [6.07, 6.45) is 3.56. The molecule has 2 aromatic heterocycles. The second kappa shape index (κ2) is 4.21. The van der Waals surface area contributed by atoms with Gasteiger partial charge in [-0.2, -0.15) is 4.98 Å². The number of H-pyrrole nitrogens is 1. The summed E-state index contributed by atoms with van der Waals surface area (Å²) in [5.41, 5.74) is 3.04. The number of halogens is 1. The number of benzene rings is 1. The van der Waals surface area contributed by atoms with Crippen molar-refractivity contribution in [3.8, 4) is 0 Å². The lowest BCUT2D eigenvalue weighted by molar-refractivity contribution is -0.739. The first kappa shape index (κ1) is 11.3. The van der Waals surface area contributed by atoms with Crippen LogP contribution in [0, 0.1) is 0 Å². The molecule has 4 nitrogen and oxygen atoms in total. The zero-order valence-electron chi connectivity index (χ0n) is 9.88. The first-order valence-corrected chi connectivity index (χ1v) is 7.31. The van der Waals surface area contributed by atoms with Crippen molar-refractivity contribution in [3.63, 3.8) is 0 Å². The standard InChI is InChI=1S/C13H9ClN4S/c14-9-3-1-8(2-4-9)10-5-19-13-11-12(16-6-15-11)17-7-18(10)13/h1-4,6-7,10H,5H2/p+1/t10-/m0/s1. The second-order valence-electron chi connectivity index (χ2n) is 4.44. The highest BCUT2D eigenvalue weighted by atomic mass is 35.5. The lowest BCUT2D eigenvalue weighted by Crippen LogP contribution is -2.39. The first-order chi connectivity index (χ1) is 9.33. The Kier molecular flexibility index (Phi) is 2.50. The highest BCUT2D eigenvalue weighted by Crippen LogP contribution is 2.33. The van der Waals surface area contributed by atoms with Crippen LogP contribution in [0.25, 0.3) is 11.2 Å². The molecule has 0 bridgehead atoms. The molecule has 1 aromatic carbocycles. The van der Waals surface area contributed by atoms with Gasteiger partial charge in [0.05, 0.1) is 6.33 Å². The van der Waals surface area contributed by atoms with Gasteiger partial charge in [-0.1, -0.05) is 35.5 Å². The van der Waals surface area contributed by atoms with Crippen molar-refractivity contribution in [3.05, 3.63) is 47.5 Å². The normalized spacial score (nSPS) is 17.8. The van der Waals surface area contributed by atoms with Gasteiger partial charge in [0.25, 0.3) is 12.0 Å². The van der Waals surface area contributed by atoms with E-state index >= 15 is 0 Å². The maximum absolute atomic E-state index is 5.94. The zero-order chi connectivity index (χ0) is 12.8. The Hall–Kier alpha value is -1.59. The van der Waals surface area contributed by atoms with Crippen molar-refractivity contribution >= 4 is 34.5 Å². The molecule has 0 saturated heterocycles. The van der Waals surface area contributed by atoms with E-state index in [4.69, 9.17) is 11.6 Å². The predicted octanol–water partition coefficient (Wildman–Crippen LogP) is 2.59. The molecule has 1 N–H and O–H groups in total. The molecule has 6 heteroatoms. The Morgan fingerprint density at radius 1 is 1.26 bits per heavy atom. The lowest BCUT2D eigenvalue weighted by atomic mass is 10.1. The van der Waals surface area contributed by atoms with Crippen molar-refractivity contribution in [2.45, 2.75) is 11.1 Å². The molecule has 1 atom stereocenters. The smallest absolute Gasteiger partial charge is 0.296 e. The molecular weight excluding hydrogens is 280 g/mol. The van der Waals surface area contributed by atoms with Gasteiger partial charge < -0.3 is 4.98 Å². The SMILES string of the molecule is Clc1ccc([C@@H]2CSc3c4[nH]cnc4nc[n+]32)cc1. The number of nitrogens with one attached hydrogen (secondary N) is 1. The number of hydrogen-bond donors (Lipinski definition) is 1. The van der Waals surface area contributed by atoms with Crippen molar-refractivity contribution in [1.82, 2.24) is 15.0 Å². The van der Waals surface area contributed by atoms with Crippen LogP contribution in [-0.4, -0.2) is 20.7 Å². The highest BCUT2D eigenvalue weighted by Gasteiger charge is 2.32. The van der Waals surface area contributed by atoms with E-state index in [1.54, 1.807) is 6.33 Å². The lowest BCUT2D eigenvalue weighted by Gasteiger charge is -2.08. The Bertz CT molecular complexity index is 753. The fraction of sp³-hybridized carbons (Fsp3) is 0.154. The zero-order valence-corrected chi connectivity index (χ0v) is 11.4. The third kappa shape index (κ3) is 1.73. The van der Waals surface area contributed by atoms with E-state index < -0.39 is 0 Å². The molecule has 0 radical (unpaired) electrons. The Morgan fingerprint density at radius 2 is 2.11 bits per heavy atom. The number of fused-ring (bicyclic) bond motifs is 3. The van der Waals surface area contributed by atoms with Crippen molar-refractivity contribution in [2.75, 3.05) is 5.75 Å². The number of nitrogens with zero attached hydrogens (tertiary/aromatic N) is 3. The minimum absolute atomic E-state index is 0.303. The van der Waals surface area contributed by atoms with Crippen LogP contribution in [-0.2, 0) is 0 Å². The van der Waals surface area contributed by atoms with Crippen LogP contribution in [0.15, 0.2) is 41.9 Å². The van der Waals surface area contributed by atoms with Crippen LogP contribution in [0.3, 0.4) is 0 Å². The quantitative estimate of drug-likeness (QED) is 0.553. The van der Waals surface area contributed by atoms with Crippen molar-refractivity contribution in [2.24, 2.45) is 0 Å². The Balaban J connectivity index is 1.85. The molecule has 0 aliphatic carbocycles. The monoisotopic (exact) mass is 289 g/mol. The van der Waals surface area contributed by atoms with E-state index in [2.05, 4.69) is 31.7 Å². The Morgan fingerprint density at radius 3 is 2.95 bits per heavy atom. The molecule has 0 spiro atoms. The van der Waals surface area contributed by atoms with E-state index in [1.807, 2.05) is 30.2 Å². The molecule has 0 saturated carbocycles. The van der Waals surface area contributed by atoms with Gasteiger partial charge >= 0.3 is 0 Å². The Labute approximate surface area is 118 Å². The fourth-order valence-electron chi connectivity index (χ4n) is 2.39. The maximum Gasteiger partial charge on any atom is 0.296 e. The summed E-state index contributed by atoms with van der Waals surface area (Å²) in [7, 11) is 0. The molecule has 19 heavy (non-hydrogen) atoms. The number of thioether (sulfide) groups is 1. The fourth-order valence-corrected chi connectivity index (χ4v) is 3.80. The molecule has 3 heterocycles. The number of rotatable bonds is 1. The minimum Gasteiger partial charge on any atom is -0.337 e. The predicted molar refractivity (Wildman–Crippen MR) is 74.4 cm³/mol. The molecule has 4 rings (SSSR count). The van der Waals surface area contributed by atoms with E-state index in [-0.39, 0.29) is 0 Å². The summed E-state index contributed by atoms with van der Waals surface area (Å²) in [5, 5.41) is 1.96. The van der Waals surface area contributed by atoms with Gasteiger partial charge in [-0.05, 0) is 22.7 Å². The summed E-state index contributed by atoms with van der Waals surface area (Å²) in [6, 6.07) is 8.32. The van der Waals surface area contributed by atoms with Gasteiger partial charge in [0.15, 0.2) is 10.5 Å². The molecule has 1 aliphatic rings. The van der Waals surface area contributed by atoms with Gasteiger partial charge in [-0.25, -0.2) is 4.57 Å². The third-order valence-corrected chi connectivity index (χ3v) is 4.76. The molecule has 0 unspecified atom stereocenters. The maximum atomic E-state index is 5.94. The van der Waals surface area contributed by atoms with Gasteiger partial charge in [0.1, 0.15) is 6.04 Å². The average molecular weight is 290 g/mol. The van der Waals surface area contributed by atoms with E-state index in [9.17, 15) is 0 Å². The van der Waals surface area contributed by atoms with E-state index in [1.165, 1.54) is 10.6 Å². The minimum atomic E-state index is 0.303. The summed E-state index contributed by atoms with van der Waals surface area (Å²) < 4.78 is 2.20. The molecule has 3 aromatic rings. The van der Waals surface area contributed by atoms with Gasteiger partial charge in [0, 0.05) is 10.8 Å². The third-order valence-electron chi connectivity index (χ3n) is 3.34. The highest BCUT2D eigenvalue weighted by molar-refractivity contribution is 7.99. The van der Waals surface area contributed by atoms with Crippen LogP contribution in [0.5, 0.6) is 0 Å². The van der Waals surface area contributed by atoms with Crippen LogP contribution < -0.4 is 4.57 Å². The molecule has 1 aliphatic heterocycles. The van der Waals surface area contributed by atoms with Gasteiger partial charge in [-0.15, -0.1) is 0 Å². The summed E-state index contributed by atoms with van der Waals surface area (Å²) >= 11 is 7.77. The molecule has 0 amide bonds. The average Bonchev–Trinajstić information content (AvgIpc) is 3.04. The van der Waals surface area contributed by atoms with Crippen LogP contribution in [0.2, 0.25) is 5.02 Å². The van der Waals surface area contributed by atoms with Crippen molar-refractivity contribution in [1.29, 1.82) is 0 Å². The van der Waals surface area contributed by atoms with Gasteiger partial charge in [-0.3, -0.25) is 0 Å². The van der Waals surface area contributed by atoms with Crippen LogP contribution in [0.1, 0.15) is 11.6 Å². The molecule has 0 fully saturated rings. The van der Waals surface area contributed by atoms with Crippen LogP contribution in [0.4, 0.5) is 0 Å². The van der Waals surface area contributed by atoms with Gasteiger partial charge in [0.2, 0.25) is 0 Å². The molecular formula is C13H10ClN4S+. The van der Waals surface area contributed by atoms with E-state index in [0.717, 1.165) is 21.9 Å². The second-order valence-corrected chi connectivity index (χ2v) is 5.88. The summed E-state index contributed by atoms with van der Waals surface area (Å²) in [4.78, 5) is 11.7. The summed E-state index contributed by atoms with van der Waals surface area (Å²) in [5.74, 6) is 1.00. The van der Waals surface area contributed by atoms with Crippen LogP contribution >= 0.6 is 23.4 Å². The number of hydrogen-bond acceptors (Lipinski definition) is 3. The largest absolute Gasteiger partial charge is 0.337 e. The van der Waals surface area contributed by atoms with Crippen molar-refractivity contribution < 1.29 is 4.57 Å². The molecule has 94 valence electrons. The van der Waals surface area contributed by atoms with E-state index in [0.29, 0.717) is 6.04 Å². The topological polar surface area (TPSA) is 45.5 Å². The summed E-state index contributed by atoms with van der Waals surface area (Å²) in [6.45, 7) is 0.